The van der Waals surface area contributed by atoms with Crippen LogP contribution in [0.3, 0.4) is 0 Å². The van der Waals surface area contributed by atoms with Crippen molar-refractivity contribution in [3.63, 3.8) is 0 Å². The van der Waals surface area contributed by atoms with E-state index in [0.717, 1.165) is 0 Å². The van der Waals surface area contributed by atoms with E-state index in [1.165, 1.54) is 7.11 Å². The topological polar surface area (TPSA) is 143 Å². The summed E-state index contributed by atoms with van der Waals surface area (Å²) in [5, 5.41) is 28.0. The minimum absolute atomic E-state index is 0.640. The van der Waals surface area contributed by atoms with Crippen LogP contribution in [-0.4, -0.2) is 72.7 Å². The van der Waals surface area contributed by atoms with Gasteiger partial charge in [-0.3, -0.25) is 4.55 Å². The molecule has 10 heteroatoms. The smallest absolute Gasteiger partial charge is 0.394 e. The van der Waals surface area contributed by atoms with Crippen molar-refractivity contribution < 1.29 is 41.9 Å². The Balaban J connectivity index is 2.89. The fraction of sp³-hybridized carbons (Fsp3) is 1.00. The molecule has 0 aromatic carbocycles. The third kappa shape index (κ3) is 3.56. The summed E-state index contributed by atoms with van der Waals surface area (Å²) in [5.41, 5.74) is 0. The average molecular weight is 274 g/mol. The van der Waals surface area contributed by atoms with Crippen molar-refractivity contribution in [2.75, 3.05) is 13.7 Å². The van der Waals surface area contributed by atoms with Crippen molar-refractivity contribution >= 4 is 10.4 Å². The van der Waals surface area contributed by atoms with E-state index in [0.29, 0.717) is 0 Å². The van der Waals surface area contributed by atoms with Crippen LogP contribution < -0.4 is 0 Å². The van der Waals surface area contributed by atoms with E-state index >= 15 is 0 Å². The highest BCUT2D eigenvalue weighted by molar-refractivity contribution is 7.80. The van der Waals surface area contributed by atoms with Crippen LogP contribution in [0.25, 0.3) is 0 Å². The van der Waals surface area contributed by atoms with Crippen molar-refractivity contribution in [1.82, 2.24) is 0 Å². The summed E-state index contributed by atoms with van der Waals surface area (Å²) in [4.78, 5) is 0. The van der Waals surface area contributed by atoms with Gasteiger partial charge in [0.1, 0.15) is 24.4 Å². The van der Waals surface area contributed by atoms with E-state index in [1.807, 2.05) is 0 Å². The molecule has 0 unspecified atom stereocenters. The maximum atomic E-state index is 10.5. The lowest BCUT2D eigenvalue weighted by Crippen LogP contribution is -2.60. The van der Waals surface area contributed by atoms with Crippen LogP contribution in [0.15, 0.2) is 0 Å². The van der Waals surface area contributed by atoms with E-state index in [2.05, 4.69) is 8.92 Å². The molecule has 1 aliphatic heterocycles. The highest BCUT2D eigenvalue weighted by Gasteiger charge is 2.47. The molecule has 0 radical (unpaired) electrons. The molecule has 9 nitrogen and oxygen atoms in total. The monoisotopic (exact) mass is 274 g/mol. The molecule has 1 rings (SSSR count). The van der Waals surface area contributed by atoms with Gasteiger partial charge < -0.3 is 24.8 Å². The van der Waals surface area contributed by atoms with Crippen LogP contribution in [0.4, 0.5) is 0 Å². The summed E-state index contributed by atoms with van der Waals surface area (Å²) >= 11 is 0. The second kappa shape index (κ2) is 5.54. The Labute approximate surface area is 97.5 Å². The minimum Gasteiger partial charge on any atom is -0.394 e. The molecule has 1 saturated heterocycles. The number of methoxy groups -OCH3 is 1. The van der Waals surface area contributed by atoms with Gasteiger partial charge in [-0.2, -0.15) is 8.42 Å². The molecular formula is C7H14O9S. The van der Waals surface area contributed by atoms with Crippen molar-refractivity contribution in [3.05, 3.63) is 0 Å². The fourth-order valence-electron chi connectivity index (χ4n) is 1.50. The van der Waals surface area contributed by atoms with Gasteiger partial charge in [-0.05, 0) is 0 Å². The first-order chi connectivity index (χ1) is 7.80. The first kappa shape index (κ1) is 14.7. The third-order valence-corrected chi connectivity index (χ3v) is 2.75. The predicted molar refractivity (Wildman–Crippen MR) is 51.2 cm³/mol. The second-order valence-electron chi connectivity index (χ2n) is 3.43. The molecule has 4 N–H and O–H groups in total. The molecule has 1 aliphatic rings. The van der Waals surface area contributed by atoms with Gasteiger partial charge in [0.25, 0.3) is 0 Å². The molecule has 0 amide bonds. The number of hydrogen-bond donors (Lipinski definition) is 4. The van der Waals surface area contributed by atoms with Gasteiger partial charge in [-0.15, -0.1) is 0 Å². The lowest BCUT2D eigenvalue weighted by Gasteiger charge is -2.40. The highest BCUT2D eigenvalue weighted by atomic mass is 32.3. The van der Waals surface area contributed by atoms with Crippen molar-refractivity contribution in [1.29, 1.82) is 0 Å². The number of aliphatic hydroxyl groups is 3. The molecule has 0 spiro atoms. The number of hydrogen-bond acceptors (Lipinski definition) is 8. The average Bonchev–Trinajstić information content (AvgIpc) is 2.23. The van der Waals surface area contributed by atoms with Gasteiger partial charge in [0.05, 0.1) is 6.61 Å². The Morgan fingerprint density at radius 2 is 1.88 bits per heavy atom. The van der Waals surface area contributed by atoms with Crippen molar-refractivity contribution in [2.24, 2.45) is 0 Å². The van der Waals surface area contributed by atoms with E-state index in [9.17, 15) is 18.6 Å². The minimum atomic E-state index is -4.87. The van der Waals surface area contributed by atoms with E-state index in [4.69, 9.17) is 14.4 Å². The van der Waals surface area contributed by atoms with Crippen molar-refractivity contribution in [2.45, 2.75) is 30.7 Å². The molecular weight excluding hydrogens is 260 g/mol. The van der Waals surface area contributed by atoms with Crippen LogP contribution in [0, 0.1) is 0 Å². The standard InChI is InChI=1S/C7H14O9S/c1-14-7-5(10)6(16-17(11,12)13)4(9)3(2-8)15-7/h3-10H,2H2,1H3,(H,11,12,13)/t3-,4-,5-,6+,7+/m1/s1. The second-order valence-corrected chi connectivity index (χ2v) is 4.48. The number of aliphatic hydroxyl groups excluding tert-OH is 3. The molecule has 1 heterocycles. The first-order valence-corrected chi connectivity index (χ1v) is 5.97. The normalized spacial score (nSPS) is 39.2. The van der Waals surface area contributed by atoms with Gasteiger partial charge in [0, 0.05) is 7.11 Å². The maximum absolute atomic E-state index is 10.5. The third-order valence-electron chi connectivity index (χ3n) is 2.29. The number of ether oxygens (including phenoxy) is 2. The van der Waals surface area contributed by atoms with Crippen LogP contribution in [0.5, 0.6) is 0 Å². The Hall–Kier alpha value is -0.330. The molecule has 17 heavy (non-hydrogen) atoms. The van der Waals surface area contributed by atoms with Gasteiger partial charge in [-0.25, -0.2) is 4.18 Å². The highest BCUT2D eigenvalue weighted by Crippen LogP contribution is 2.24. The molecule has 0 bridgehead atoms. The van der Waals surface area contributed by atoms with Gasteiger partial charge in [0.15, 0.2) is 6.29 Å². The van der Waals surface area contributed by atoms with E-state index in [1.54, 1.807) is 0 Å². The molecule has 5 atom stereocenters. The summed E-state index contributed by atoms with van der Waals surface area (Å²) in [7, 11) is -3.69. The lowest BCUT2D eigenvalue weighted by molar-refractivity contribution is -0.290. The summed E-state index contributed by atoms with van der Waals surface area (Å²) in [6.45, 7) is -0.640. The Kier molecular flexibility index (Phi) is 4.80. The van der Waals surface area contributed by atoms with Crippen LogP contribution in [0.1, 0.15) is 0 Å². The zero-order chi connectivity index (χ0) is 13.2. The Morgan fingerprint density at radius 3 is 2.29 bits per heavy atom. The first-order valence-electron chi connectivity index (χ1n) is 4.61. The van der Waals surface area contributed by atoms with E-state index in [-0.39, 0.29) is 0 Å². The molecule has 102 valence electrons. The lowest BCUT2D eigenvalue weighted by atomic mass is 9.99. The van der Waals surface area contributed by atoms with Crippen LogP contribution in [-0.2, 0) is 24.1 Å². The molecule has 0 saturated carbocycles. The summed E-state index contributed by atoms with van der Waals surface area (Å²) in [6, 6.07) is 0. The zero-order valence-electron chi connectivity index (χ0n) is 8.83. The zero-order valence-corrected chi connectivity index (χ0v) is 9.65. The van der Waals surface area contributed by atoms with Gasteiger partial charge >= 0.3 is 10.4 Å². The maximum Gasteiger partial charge on any atom is 0.397 e. The van der Waals surface area contributed by atoms with E-state index < -0.39 is 47.7 Å². The largest absolute Gasteiger partial charge is 0.397 e. The van der Waals surface area contributed by atoms with Crippen LogP contribution in [0.2, 0.25) is 0 Å². The number of rotatable bonds is 4. The fourth-order valence-corrected chi connectivity index (χ4v) is 2.01. The molecule has 1 fully saturated rings. The Bertz CT molecular complexity index is 325. The van der Waals surface area contributed by atoms with Crippen molar-refractivity contribution in [3.8, 4) is 0 Å². The summed E-state index contributed by atoms with van der Waals surface area (Å²) < 4.78 is 43.3. The van der Waals surface area contributed by atoms with Gasteiger partial charge in [0.2, 0.25) is 0 Å². The van der Waals surface area contributed by atoms with Gasteiger partial charge in [-0.1, -0.05) is 0 Å². The quantitative estimate of drug-likeness (QED) is 0.401. The SMILES string of the molecule is CO[C@H]1O[C@H](CO)[C@@H](O)[C@H](OS(=O)(=O)O)[C@H]1O. The Morgan fingerprint density at radius 1 is 1.29 bits per heavy atom. The molecule has 0 aromatic rings. The summed E-state index contributed by atoms with van der Waals surface area (Å²) in [5.74, 6) is 0. The molecule has 0 aliphatic carbocycles. The van der Waals surface area contributed by atoms with Crippen LogP contribution >= 0.6 is 0 Å². The summed E-state index contributed by atoms with van der Waals surface area (Å²) in [6.07, 6.45) is -7.46. The molecule has 0 aromatic heterocycles. The predicted octanol–water partition coefficient (Wildman–Crippen LogP) is -2.74.